The lowest BCUT2D eigenvalue weighted by molar-refractivity contribution is -0.116. The number of carbonyl (C=O) groups excluding carboxylic acids is 1. The number of hydrogen-bond donors (Lipinski definition) is 1. The van der Waals surface area contributed by atoms with Gasteiger partial charge in [0.05, 0.1) is 6.26 Å². The zero-order valence-corrected chi connectivity index (χ0v) is 15.1. The van der Waals surface area contributed by atoms with Crippen LogP contribution < -0.4 is 14.8 Å². The van der Waals surface area contributed by atoms with Crippen LogP contribution in [0.4, 0.5) is 5.69 Å². The van der Waals surface area contributed by atoms with Crippen LogP contribution in [0.5, 0.6) is 11.5 Å². The van der Waals surface area contributed by atoms with Crippen molar-refractivity contribution in [3.63, 3.8) is 0 Å². The highest BCUT2D eigenvalue weighted by atomic mass is 32.2. The van der Waals surface area contributed by atoms with Crippen LogP contribution >= 0.6 is 0 Å². The van der Waals surface area contributed by atoms with Gasteiger partial charge in [0.25, 0.3) is 0 Å². The Morgan fingerprint density at radius 1 is 1.29 bits per heavy atom. The molecule has 0 bridgehead atoms. The first-order valence-electron chi connectivity index (χ1n) is 7.97. The lowest BCUT2D eigenvalue weighted by Gasteiger charge is -2.25. The third kappa shape index (κ3) is 4.85. The van der Waals surface area contributed by atoms with Crippen LogP contribution in [0, 0.1) is 0 Å². The Kier molecular flexibility index (Phi) is 6.06. The molecule has 1 unspecified atom stereocenters. The number of nitrogens with zero attached hydrogens (tertiary/aromatic N) is 1. The number of nitrogens with one attached hydrogen (secondary N) is 1. The summed E-state index contributed by atoms with van der Waals surface area (Å²) in [5.74, 6) is 0.999. The molecular formula is C16H24N2O5S. The highest BCUT2D eigenvalue weighted by Crippen LogP contribution is 2.32. The summed E-state index contributed by atoms with van der Waals surface area (Å²) < 4.78 is 35.9. The molecule has 1 aromatic carbocycles. The van der Waals surface area contributed by atoms with E-state index in [2.05, 4.69) is 5.32 Å². The van der Waals surface area contributed by atoms with Crippen LogP contribution in [-0.4, -0.2) is 50.7 Å². The Morgan fingerprint density at radius 3 is 2.58 bits per heavy atom. The minimum atomic E-state index is -3.34. The monoisotopic (exact) mass is 356 g/mol. The average molecular weight is 356 g/mol. The summed E-state index contributed by atoms with van der Waals surface area (Å²) in [5, 5.41) is 2.76. The standard InChI is InChI=1S/C16H24N2O5S/c1-4-12(2)18(24(3,20)21)8-7-16(19)17-13-5-6-14-15(11-13)23-10-9-22-14/h5-6,11-12H,4,7-10H2,1-3H3,(H,17,19). The quantitative estimate of drug-likeness (QED) is 0.806. The molecule has 0 radical (unpaired) electrons. The Hall–Kier alpha value is -1.80. The van der Waals surface area contributed by atoms with E-state index in [9.17, 15) is 13.2 Å². The highest BCUT2D eigenvalue weighted by molar-refractivity contribution is 7.88. The maximum atomic E-state index is 12.1. The first-order valence-corrected chi connectivity index (χ1v) is 9.82. The van der Waals surface area contributed by atoms with Gasteiger partial charge in [-0.2, -0.15) is 4.31 Å². The molecule has 0 saturated heterocycles. The summed E-state index contributed by atoms with van der Waals surface area (Å²) in [6.07, 6.45) is 1.95. The lowest BCUT2D eigenvalue weighted by Crippen LogP contribution is -2.39. The predicted molar refractivity (Wildman–Crippen MR) is 92.0 cm³/mol. The molecule has 0 spiro atoms. The van der Waals surface area contributed by atoms with E-state index in [0.717, 1.165) is 6.26 Å². The molecule has 1 atom stereocenters. The van der Waals surface area contributed by atoms with Gasteiger partial charge in [-0.25, -0.2) is 8.42 Å². The van der Waals surface area contributed by atoms with Gasteiger partial charge in [-0.05, 0) is 25.5 Å². The van der Waals surface area contributed by atoms with Gasteiger partial charge in [0, 0.05) is 30.8 Å². The molecule has 1 aromatic rings. The Labute approximate surface area is 143 Å². The second-order valence-electron chi connectivity index (χ2n) is 5.79. The van der Waals surface area contributed by atoms with E-state index < -0.39 is 10.0 Å². The molecule has 1 heterocycles. The summed E-state index contributed by atoms with van der Waals surface area (Å²) in [7, 11) is -3.34. The van der Waals surface area contributed by atoms with Gasteiger partial charge in [0.15, 0.2) is 11.5 Å². The van der Waals surface area contributed by atoms with Gasteiger partial charge < -0.3 is 14.8 Å². The van der Waals surface area contributed by atoms with Gasteiger partial charge in [-0.1, -0.05) is 6.92 Å². The predicted octanol–water partition coefficient (Wildman–Crippen LogP) is 1.85. The van der Waals surface area contributed by atoms with E-state index in [4.69, 9.17) is 9.47 Å². The van der Waals surface area contributed by atoms with Crippen molar-refractivity contribution < 1.29 is 22.7 Å². The summed E-state index contributed by atoms with van der Waals surface area (Å²) in [6.45, 7) is 4.89. The smallest absolute Gasteiger partial charge is 0.225 e. The van der Waals surface area contributed by atoms with Crippen LogP contribution in [0.15, 0.2) is 18.2 Å². The van der Waals surface area contributed by atoms with Crippen LogP contribution in [0.2, 0.25) is 0 Å². The molecule has 0 saturated carbocycles. The Morgan fingerprint density at radius 2 is 1.96 bits per heavy atom. The highest BCUT2D eigenvalue weighted by Gasteiger charge is 2.22. The number of fused-ring (bicyclic) bond motifs is 1. The van der Waals surface area contributed by atoms with E-state index in [1.54, 1.807) is 18.2 Å². The maximum Gasteiger partial charge on any atom is 0.225 e. The first-order chi connectivity index (χ1) is 11.3. The fraction of sp³-hybridized carbons (Fsp3) is 0.562. The molecule has 2 rings (SSSR count). The molecule has 0 fully saturated rings. The topological polar surface area (TPSA) is 84.9 Å². The number of rotatable bonds is 7. The lowest BCUT2D eigenvalue weighted by atomic mass is 10.2. The zero-order chi connectivity index (χ0) is 17.7. The minimum absolute atomic E-state index is 0.0891. The third-order valence-corrected chi connectivity index (χ3v) is 5.29. The molecule has 0 aromatic heterocycles. The second kappa shape index (κ2) is 7.85. The average Bonchev–Trinajstić information content (AvgIpc) is 2.53. The van der Waals surface area contributed by atoms with Crippen LogP contribution in [0.25, 0.3) is 0 Å². The number of hydrogen-bond acceptors (Lipinski definition) is 5. The van der Waals surface area contributed by atoms with Gasteiger partial charge in [-0.3, -0.25) is 4.79 Å². The number of benzene rings is 1. The number of sulfonamides is 1. The fourth-order valence-corrected chi connectivity index (χ4v) is 3.70. The number of carbonyl (C=O) groups is 1. The van der Waals surface area contributed by atoms with Gasteiger partial charge in [0.2, 0.25) is 15.9 Å². The molecule has 0 aliphatic carbocycles. The van der Waals surface area contributed by atoms with Gasteiger partial charge in [0.1, 0.15) is 13.2 Å². The normalized spacial score (nSPS) is 15.2. The zero-order valence-electron chi connectivity index (χ0n) is 14.2. The number of anilines is 1. The van der Waals surface area contributed by atoms with Crippen molar-refractivity contribution >= 4 is 21.6 Å². The number of amides is 1. The van der Waals surface area contributed by atoms with Crippen LogP contribution in [0.3, 0.4) is 0 Å². The molecule has 134 valence electrons. The maximum absolute atomic E-state index is 12.1. The van der Waals surface area contributed by atoms with E-state index in [1.807, 2.05) is 13.8 Å². The van der Waals surface area contributed by atoms with Gasteiger partial charge >= 0.3 is 0 Å². The first kappa shape index (κ1) is 18.5. The summed E-state index contributed by atoms with van der Waals surface area (Å²) >= 11 is 0. The van der Waals surface area contributed by atoms with Gasteiger partial charge in [-0.15, -0.1) is 0 Å². The molecule has 7 nitrogen and oxygen atoms in total. The van der Waals surface area contributed by atoms with E-state index in [-0.39, 0.29) is 24.9 Å². The van der Waals surface area contributed by atoms with Crippen molar-refractivity contribution in [1.82, 2.24) is 4.31 Å². The SMILES string of the molecule is CCC(C)N(CCC(=O)Nc1ccc2c(c1)OCCO2)S(C)(=O)=O. The van der Waals surface area contributed by atoms with Crippen molar-refractivity contribution in [3.05, 3.63) is 18.2 Å². The molecule has 1 aliphatic rings. The van der Waals surface area contributed by atoms with Crippen molar-refractivity contribution in [2.24, 2.45) is 0 Å². The van der Waals surface area contributed by atoms with Crippen LogP contribution in [-0.2, 0) is 14.8 Å². The number of ether oxygens (including phenoxy) is 2. The largest absolute Gasteiger partial charge is 0.486 e. The van der Waals surface area contributed by atoms with Crippen molar-refractivity contribution in [1.29, 1.82) is 0 Å². The molecular weight excluding hydrogens is 332 g/mol. The van der Waals surface area contributed by atoms with Crippen molar-refractivity contribution in [2.75, 3.05) is 31.3 Å². The third-order valence-electron chi connectivity index (χ3n) is 3.89. The molecule has 1 aliphatic heterocycles. The van der Waals surface area contributed by atoms with E-state index in [1.165, 1.54) is 4.31 Å². The summed E-state index contributed by atoms with van der Waals surface area (Å²) in [5.41, 5.74) is 0.596. The second-order valence-corrected chi connectivity index (χ2v) is 7.72. The minimum Gasteiger partial charge on any atom is -0.486 e. The summed E-state index contributed by atoms with van der Waals surface area (Å²) in [6, 6.07) is 5.04. The van der Waals surface area contributed by atoms with Crippen molar-refractivity contribution in [3.8, 4) is 11.5 Å². The van der Waals surface area contributed by atoms with E-state index >= 15 is 0 Å². The molecule has 1 amide bonds. The fourth-order valence-electron chi connectivity index (χ4n) is 2.47. The van der Waals surface area contributed by atoms with Crippen molar-refractivity contribution in [2.45, 2.75) is 32.7 Å². The molecule has 1 N–H and O–H groups in total. The van der Waals surface area contributed by atoms with E-state index in [0.29, 0.717) is 36.8 Å². The molecule has 24 heavy (non-hydrogen) atoms. The Balaban J connectivity index is 1.95. The summed E-state index contributed by atoms with van der Waals surface area (Å²) in [4.78, 5) is 12.1. The Bertz CT molecular complexity index is 690. The van der Waals surface area contributed by atoms with Crippen LogP contribution in [0.1, 0.15) is 26.7 Å². The molecule has 8 heteroatoms.